The molecular formula is C46H34FeN6O6. The smallest absolute Gasteiger partial charge is 0.259 e. The van der Waals surface area contributed by atoms with Gasteiger partial charge in [-0.15, -0.1) is 20.5 Å². The van der Waals surface area contributed by atoms with E-state index >= 15 is 0 Å². The summed E-state index contributed by atoms with van der Waals surface area (Å²) in [6.45, 7) is 0. The Morgan fingerprint density at radius 2 is 0.746 bits per heavy atom. The molecule has 8 rings (SSSR count). The van der Waals surface area contributed by atoms with Gasteiger partial charge in [0.1, 0.15) is 34.2 Å². The van der Waals surface area contributed by atoms with Crippen LogP contribution in [0.5, 0.6) is 23.0 Å². The Morgan fingerprint density at radius 3 is 1.14 bits per heavy atom. The van der Waals surface area contributed by atoms with Gasteiger partial charge in [0, 0.05) is 39.2 Å². The van der Waals surface area contributed by atoms with Crippen LogP contribution < -0.4 is 10.6 Å². The van der Waals surface area contributed by atoms with Gasteiger partial charge in [-0.05, 0) is 71.4 Å². The second-order valence-electron chi connectivity index (χ2n) is 12.7. The summed E-state index contributed by atoms with van der Waals surface area (Å²) in [5, 5.41) is 66.1. The van der Waals surface area contributed by atoms with E-state index in [9.17, 15) is 30.0 Å². The normalized spacial score (nSPS) is 10.8. The number of anilines is 2. The zero-order chi connectivity index (χ0) is 40.4. The maximum absolute atomic E-state index is 12.8. The van der Waals surface area contributed by atoms with Crippen molar-refractivity contribution >= 4 is 67.5 Å². The summed E-state index contributed by atoms with van der Waals surface area (Å²) < 4.78 is 0. The van der Waals surface area contributed by atoms with Crippen molar-refractivity contribution in [3.8, 4) is 23.0 Å². The van der Waals surface area contributed by atoms with Crippen LogP contribution in [0.15, 0.2) is 190 Å². The Hall–Kier alpha value is -7.86. The van der Waals surface area contributed by atoms with Crippen LogP contribution in [0.1, 0.15) is 20.7 Å². The minimum atomic E-state index is -0.460. The first-order chi connectivity index (χ1) is 28.3. The number of phenols is 4. The van der Waals surface area contributed by atoms with Crippen LogP contribution in [0.25, 0.3) is 21.5 Å². The van der Waals surface area contributed by atoms with E-state index in [1.807, 2.05) is 72.8 Å². The van der Waals surface area contributed by atoms with E-state index in [0.29, 0.717) is 22.1 Å². The Bertz CT molecular complexity index is 2640. The largest absolute Gasteiger partial charge is 0.506 e. The summed E-state index contributed by atoms with van der Waals surface area (Å²) in [5.74, 6) is -1.54. The van der Waals surface area contributed by atoms with Gasteiger partial charge in [0.15, 0.2) is 11.5 Å². The van der Waals surface area contributed by atoms with E-state index in [1.165, 1.54) is 12.1 Å². The first kappa shape index (κ1) is 40.8. The van der Waals surface area contributed by atoms with Crippen LogP contribution in [0, 0.1) is 0 Å². The number of fused-ring (bicyclic) bond motifs is 2. The summed E-state index contributed by atoms with van der Waals surface area (Å²) >= 11 is 0. The number of amides is 2. The third-order valence-electron chi connectivity index (χ3n) is 8.82. The number of azo groups is 2. The average molecular weight is 823 g/mol. The van der Waals surface area contributed by atoms with Crippen molar-refractivity contribution in [3.05, 3.63) is 181 Å². The molecule has 6 N–H and O–H groups in total. The molecule has 2 amide bonds. The van der Waals surface area contributed by atoms with E-state index in [2.05, 4.69) is 31.1 Å². The van der Waals surface area contributed by atoms with Crippen LogP contribution in [0.3, 0.4) is 0 Å². The van der Waals surface area contributed by atoms with Crippen molar-refractivity contribution in [3.63, 3.8) is 0 Å². The van der Waals surface area contributed by atoms with Crippen LogP contribution in [-0.4, -0.2) is 32.2 Å². The van der Waals surface area contributed by atoms with Crippen LogP contribution in [-0.2, 0) is 17.1 Å². The third kappa shape index (κ3) is 9.58. The van der Waals surface area contributed by atoms with E-state index in [-0.39, 0.29) is 73.9 Å². The van der Waals surface area contributed by atoms with Gasteiger partial charge in [-0.2, -0.15) is 0 Å². The quantitative estimate of drug-likeness (QED) is 0.0653. The molecule has 59 heavy (non-hydrogen) atoms. The summed E-state index contributed by atoms with van der Waals surface area (Å²) in [7, 11) is 0. The average Bonchev–Trinajstić information content (AvgIpc) is 3.24. The van der Waals surface area contributed by atoms with Crippen molar-refractivity contribution in [2.24, 2.45) is 20.5 Å². The van der Waals surface area contributed by atoms with Gasteiger partial charge in [-0.1, -0.05) is 109 Å². The first-order valence-corrected chi connectivity index (χ1v) is 17.9. The number of benzene rings is 8. The molecule has 0 radical (unpaired) electrons. The predicted octanol–water partition coefficient (Wildman–Crippen LogP) is 11.8. The van der Waals surface area contributed by atoms with Crippen molar-refractivity contribution in [2.45, 2.75) is 0 Å². The Balaban J connectivity index is 0.000000195. The fourth-order valence-corrected chi connectivity index (χ4v) is 5.93. The predicted molar refractivity (Wildman–Crippen MR) is 225 cm³/mol. The van der Waals surface area contributed by atoms with Crippen molar-refractivity contribution in [2.75, 3.05) is 10.6 Å². The standard InChI is InChI=1S/2C23H17N3O3.Fe/c2*27-20-13-7-6-12-19(20)25-26-21-17-11-5-4-8-15(17)14-18(22(21)28)23(29)24-16-9-2-1-3-10-16;/h2*1-14,27-28H,(H,24,29);. The molecule has 0 aromatic heterocycles. The summed E-state index contributed by atoms with van der Waals surface area (Å²) in [5.41, 5.74) is 2.22. The van der Waals surface area contributed by atoms with Crippen molar-refractivity contribution in [1.82, 2.24) is 0 Å². The van der Waals surface area contributed by atoms with Crippen LogP contribution in [0.4, 0.5) is 34.1 Å². The fraction of sp³-hybridized carbons (Fsp3) is 0. The molecule has 0 bridgehead atoms. The minimum Gasteiger partial charge on any atom is -0.506 e. The van der Waals surface area contributed by atoms with Crippen LogP contribution in [0.2, 0.25) is 0 Å². The number of nitrogens with one attached hydrogen (secondary N) is 2. The number of carbonyl (C=O) groups is 2. The number of phenolic OH excluding ortho intramolecular Hbond substituents is 4. The molecule has 0 saturated heterocycles. The summed E-state index contributed by atoms with van der Waals surface area (Å²) in [6, 6.07) is 48.7. The molecule has 0 saturated carbocycles. The zero-order valence-corrected chi connectivity index (χ0v) is 32.0. The topological polar surface area (TPSA) is 189 Å². The SMILES string of the molecule is O=C(Nc1ccccc1)c1cc2ccccc2c(N=Nc2ccccc2O)c1O.O=C(Nc1ccccc1)c1cc2ccccc2c(N=Nc2ccccc2O)c1O.[Fe]. The number of hydrogen-bond acceptors (Lipinski definition) is 10. The molecule has 0 fully saturated rings. The molecule has 0 aliphatic heterocycles. The van der Waals surface area contributed by atoms with E-state index in [4.69, 9.17) is 0 Å². The Labute approximate surface area is 348 Å². The molecule has 8 aromatic rings. The molecule has 292 valence electrons. The molecular weight excluding hydrogens is 788 g/mol. The third-order valence-corrected chi connectivity index (χ3v) is 8.82. The van der Waals surface area contributed by atoms with Gasteiger partial charge in [-0.3, -0.25) is 9.59 Å². The molecule has 12 nitrogen and oxygen atoms in total. The van der Waals surface area contributed by atoms with E-state index in [1.54, 1.807) is 84.9 Å². The molecule has 8 aromatic carbocycles. The molecule has 0 aliphatic rings. The zero-order valence-electron chi connectivity index (χ0n) is 30.9. The molecule has 0 unspecified atom stereocenters. The first-order valence-electron chi connectivity index (χ1n) is 17.9. The van der Waals surface area contributed by atoms with Crippen molar-refractivity contribution in [1.29, 1.82) is 0 Å². The second kappa shape index (κ2) is 18.9. The number of hydrogen-bond donors (Lipinski definition) is 6. The molecule has 0 aliphatic carbocycles. The minimum absolute atomic E-state index is 0. The molecule has 13 heteroatoms. The maximum Gasteiger partial charge on any atom is 0.259 e. The number of para-hydroxylation sites is 4. The van der Waals surface area contributed by atoms with Gasteiger partial charge in [0.05, 0.1) is 11.1 Å². The number of nitrogens with zero attached hydrogens (tertiary/aromatic N) is 4. The van der Waals surface area contributed by atoms with Gasteiger partial charge < -0.3 is 31.1 Å². The molecule has 0 heterocycles. The van der Waals surface area contributed by atoms with Gasteiger partial charge >= 0.3 is 0 Å². The molecule has 0 atom stereocenters. The number of aromatic hydroxyl groups is 4. The monoisotopic (exact) mass is 822 g/mol. The van der Waals surface area contributed by atoms with Gasteiger partial charge in [0.25, 0.3) is 11.8 Å². The van der Waals surface area contributed by atoms with E-state index in [0.717, 1.165) is 10.8 Å². The Kier molecular flexibility index (Phi) is 13.0. The second-order valence-corrected chi connectivity index (χ2v) is 12.7. The fourth-order valence-electron chi connectivity index (χ4n) is 5.93. The number of carbonyl (C=O) groups excluding carboxylic acids is 2. The van der Waals surface area contributed by atoms with Gasteiger partial charge in [-0.25, -0.2) is 0 Å². The number of rotatable bonds is 8. The maximum atomic E-state index is 12.8. The Morgan fingerprint density at radius 1 is 0.407 bits per heavy atom. The van der Waals surface area contributed by atoms with Gasteiger partial charge in [0.2, 0.25) is 0 Å². The van der Waals surface area contributed by atoms with Crippen LogP contribution >= 0.6 is 0 Å². The summed E-state index contributed by atoms with van der Waals surface area (Å²) in [6.07, 6.45) is 0. The van der Waals surface area contributed by atoms with E-state index < -0.39 is 11.8 Å². The molecule has 0 spiro atoms. The summed E-state index contributed by atoms with van der Waals surface area (Å²) in [4.78, 5) is 25.6. The van der Waals surface area contributed by atoms with Crippen molar-refractivity contribution < 1.29 is 47.1 Å².